The summed E-state index contributed by atoms with van der Waals surface area (Å²) >= 11 is 0. The molecule has 0 aliphatic carbocycles. The minimum Gasteiger partial charge on any atom is -0.394 e. The summed E-state index contributed by atoms with van der Waals surface area (Å²) in [6.07, 6.45) is -36.0. The predicted octanol–water partition coefficient (Wildman–Crippen LogP) is -12.5. The molecule has 6 heterocycles. The van der Waals surface area contributed by atoms with Crippen molar-refractivity contribution in [2.75, 3.05) is 39.6 Å². The first-order valence-electron chi connectivity index (χ1n) is 23.3. The zero-order chi connectivity index (χ0) is 52.5. The van der Waals surface area contributed by atoms with Gasteiger partial charge in [0.2, 0.25) is 0 Å². The van der Waals surface area contributed by atoms with Gasteiger partial charge in [-0.05, 0) is 20.8 Å². The van der Waals surface area contributed by atoms with Gasteiger partial charge in [-0.3, -0.25) is 0 Å². The van der Waals surface area contributed by atoms with Crippen LogP contribution in [0.25, 0.3) is 0 Å². The summed E-state index contributed by atoms with van der Waals surface area (Å²) < 4.78 is 68.9. The summed E-state index contributed by atoms with van der Waals surface area (Å²) in [4.78, 5) is 0. The Morgan fingerprint density at radius 3 is 0.704 bits per heavy atom. The van der Waals surface area contributed by atoms with Gasteiger partial charge in [0.15, 0.2) is 37.7 Å². The molecule has 6 rings (SSSR count). The van der Waals surface area contributed by atoms with Gasteiger partial charge in [-0.15, -0.1) is 0 Å². The van der Waals surface area contributed by atoms with Gasteiger partial charge in [0.1, 0.15) is 110 Å². The van der Waals surface area contributed by atoms with Crippen LogP contribution in [0.2, 0.25) is 0 Å². The van der Waals surface area contributed by atoms with Crippen LogP contribution in [0.1, 0.15) is 20.8 Å². The van der Waals surface area contributed by atoms with Gasteiger partial charge in [-0.1, -0.05) is 0 Å². The van der Waals surface area contributed by atoms with Gasteiger partial charge in [0.25, 0.3) is 0 Å². The van der Waals surface area contributed by atoms with Crippen molar-refractivity contribution >= 4 is 0 Å². The summed E-state index contributed by atoms with van der Waals surface area (Å²) in [5, 5.41) is 138. The Morgan fingerprint density at radius 2 is 0.493 bits per heavy atom. The van der Waals surface area contributed by atoms with Gasteiger partial charge in [-0.25, -0.2) is 0 Å². The molecule has 31 nitrogen and oxygen atoms in total. The highest BCUT2D eigenvalue weighted by Crippen LogP contribution is 2.31. The van der Waals surface area contributed by atoms with Gasteiger partial charge in [0.05, 0.1) is 81.5 Å². The van der Waals surface area contributed by atoms with Gasteiger partial charge < -0.3 is 158 Å². The van der Waals surface area contributed by atoms with Crippen molar-refractivity contribution in [3.63, 3.8) is 0 Å². The monoisotopic (exact) mass is 1040 g/mol. The van der Waals surface area contributed by atoms with E-state index in [1.54, 1.807) is 20.8 Å². The molecular weight excluding hydrogens is 964 g/mol. The molecule has 25 N–H and O–H groups in total. The molecule has 6 aliphatic rings. The molecule has 0 amide bonds. The molecule has 6 aliphatic heterocycles. The minimum atomic E-state index is -1.71. The van der Waals surface area contributed by atoms with Crippen molar-refractivity contribution in [2.45, 2.75) is 210 Å². The molecule has 0 bridgehead atoms. The van der Waals surface area contributed by atoms with Crippen LogP contribution in [0.3, 0.4) is 0 Å². The zero-order valence-corrected chi connectivity index (χ0v) is 39.2. The van der Waals surface area contributed by atoms with Gasteiger partial charge in [-0.2, -0.15) is 0 Å². The lowest BCUT2D eigenvalue weighted by Crippen LogP contribution is -2.66. The fraction of sp³-hybridized carbons (Fsp3) is 1.00. The SMILES string of the molecule is CC(C)(C)OC1OC(COC2OC(COC3OC(COC4OC(COC5OC(COC6OC(CO)C(O)C(O)C6N)C(O)C(O)C5N)C(O)C(O)C4N)C(O)C(O)C3N)C(O)C(O)C2N)C(O)C(O)C1N. The first-order chi connectivity index (χ1) is 33.3. The Morgan fingerprint density at radius 1 is 0.310 bits per heavy atom. The second kappa shape index (κ2) is 24.8. The van der Waals surface area contributed by atoms with Crippen molar-refractivity contribution in [3.05, 3.63) is 0 Å². The Kier molecular flexibility index (Phi) is 20.6. The van der Waals surface area contributed by atoms with E-state index in [1.807, 2.05) is 0 Å². The van der Waals surface area contributed by atoms with Crippen LogP contribution in [-0.2, 0) is 56.8 Å². The van der Waals surface area contributed by atoms with Crippen LogP contribution in [0.4, 0.5) is 0 Å². The van der Waals surface area contributed by atoms with E-state index in [-0.39, 0.29) is 0 Å². The first kappa shape index (κ1) is 59.0. The molecule has 71 heavy (non-hydrogen) atoms. The van der Waals surface area contributed by atoms with Crippen LogP contribution in [0.15, 0.2) is 0 Å². The lowest BCUT2D eigenvalue weighted by atomic mass is 9.96. The molecule has 30 unspecified atom stereocenters. The van der Waals surface area contributed by atoms with Crippen LogP contribution < -0.4 is 34.4 Å². The number of aliphatic hydroxyl groups excluding tert-OH is 13. The molecule has 6 fully saturated rings. The van der Waals surface area contributed by atoms with Gasteiger partial charge in [0, 0.05) is 0 Å². The standard InChI is InChI=1S/C40H76N6O25/c1-40(2,3)71-39-21(46)33(59)27(53)15(70-39)9-64-38-20(45)32(58)26(52)14(69-38)8-63-37-19(44)31(57)25(51)13(68-37)7-62-36-18(43)30(56)24(50)12(67-36)6-61-35-17(42)29(55)23(49)11(66-35)5-60-34-16(41)28(54)22(48)10(4-47)65-34/h10-39,47-59H,4-9,41-46H2,1-3H3. The molecule has 6 saturated heterocycles. The Balaban J connectivity index is 1.01. The topological polar surface area (TPSA) is 530 Å². The Hall–Kier alpha value is -1.24. The van der Waals surface area contributed by atoms with Crippen LogP contribution in [-0.4, -0.2) is 295 Å². The molecular formula is C40H76N6O25. The van der Waals surface area contributed by atoms with Crippen LogP contribution in [0, 0.1) is 0 Å². The first-order valence-corrected chi connectivity index (χ1v) is 23.3. The second-order valence-electron chi connectivity index (χ2n) is 19.7. The molecule has 0 aromatic rings. The van der Waals surface area contributed by atoms with Crippen molar-refractivity contribution in [1.82, 2.24) is 0 Å². The third-order valence-electron chi connectivity index (χ3n) is 13.3. The fourth-order valence-corrected chi connectivity index (χ4v) is 8.71. The molecule has 416 valence electrons. The third kappa shape index (κ3) is 13.5. The van der Waals surface area contributed by atoms with E-state index in [9.17, 15) is 66.4 Å². The number of ether oxygens (including phenoxy) is 12. The highest BCUT2D eigenvalue weighted by Gasteiger charge is 2.52. The minimum absolute atomic E-state index is 0.443. The van der Waals surface area contributed by atoms with Crippen molar-refractivity contribution in [1.29, 1.82) is 0 Å². The summed E-state index contributed by atoms with van der Waals surface area (Å²) in [6, 6.07) is -7.93. The summed E-state index contributed by atoms with van der Waals surface area (Å²) in [6.45, 7) is 1.80. The smallest absolute Gasteiger partial charge is 0.176 e. The molecule has 0 aromatic carbocycles. The van der Waals surface area contributed by atoms with Crippen LogP contribution >= 0.6 is 0 Å². The summed E-state index contributed by atoms with van der Waals surface area (Å²) in [5.74, 6) is 0. The van der Waals surface area contributed by atoms with Gasteiger partial charge >= 0.3 is 0 Å². The fourth-order valence-electron chi connectivity index (χ4n) is 8.71. The second-order valence-corrected chi connectivity index (χ2v) is 19.7. The maximum Gasteiger partial charge on any atom is 0.176 e. The molecule has 0 aromatic heterocycles. The van der Waals surface area contributed by atoms with E-state index in [0.29, 0.717) is 0 Å². The third-order valence-corrected chi connectivity index (χ3v) is 13.3. The molecule has 0 saturated carbocycles. The zero-order valence-electron chi connectivity index (χ0n) is 39.2. The molecule has 31 heteroatoms. The number of hydrogen-bond donors (Lipinski definition) is 19. The van der Waals surface area contributed by atoms with Crippen molar-refractivity contribution in [2.24, 2.45) is 34.4 Å². The summed E-state index contributed by atoms with van der Waals surface area (Å²) in [7, 11) is 0. The molecule has 30 atom stereocenters. The highest BCUT2D eigenvalue weighted by atomic mass is 16.8. The van der Waals surface area contributed by atoms with Crippen LogP contribution in [0.5, 0.6) is 0 Å². The normalized spacial score (nSPS) is 51.3. The van der Waals surface area contributed by atoms with Crippen molar-refractivity contribution in [3.8, 4) is 0 Å². The molecule has 0 radical (unpaired) electrons. The quantitative estimate of drug-likeness (QED) is 0.0643. The largest absolute Gasteiger partial charge is 0.394 e. The lowest BCUT2D eigenvalue weighted by Gasteiger charge is -2.45. The number of aliphatic hydroxyl groups is 13. The highest BCUT2D eigenvalue weighted by molar-refractivity contribution is 4.99. The maximum atomic E-state index is 10.9. The van der Waals surface area contributed by atoms with E-state index in [4.69, 9.17) is 91.2 Å². The van der Waals surface area contributed by atoms with E-state index < -0.39 is 229 Å². The maximum absolute atomic E-state index is 10.9. The lowest BCUT2D eigenvalue weighted by molar-refractivity contribution is -0.325. The number of nitrogens with two attached hydrogens (primary N) is 6. The number of hydrogen-bond acceptors (Lipinski definition) is 31. The van der Waals surface area contributed by atoms with E-state index >= 15 is 0 Å². The summed E-state index contributed by atoms with van der Waals surface area (Å²) in [5.41, 5.74) is 35.7. The number of rotatable bonds is 17. The predicted molar refractivity (Wildman–Crippen MR) is 230 cm³/mol. The molecule has 0 spiro atoms. The van der Waals surface area contributed by atoms with Crippen molar-refractivity contribution < 1.29 is 123 Å². The Bertz CT molecular complexity index is 1640. The van der Waals surface area contributed by atoms with E-state index in [0.717, 1.165) is 0 Å². The average Bonchev–Trinajstić information content (AvgIpc) is 3.33. The Labute approximate surface area is 407 Å². The average molecular weight is 1040 g/mol. The van der Waals surface area contributed by atoms with E-state index in [1.165, 1.54) is 0 Å². The van der Waals surface area contributed by atoms with E-state index in [2.05, 4.69) is 0 Å².